The molecule has 0 amide bonds. The van der Waals surface area contributed by atoms with Gasteiger partial charge in [0.2, 0.25) is 0 Å². The summed E-state index contributed by atoms with van der Waals surface area (Å²) < 4.78 is 0. The van der Waals surface area contributed by atoms with Crippen molar-refractivity contribution in [3.05, 3.63) is 143 Å². The fraction of sp³-hybridized carbons (Fsp3) is 0.111. The van der Waals surface area contributed by atoms with Gasteiger partial charge >= 0.3 is 0 Å². The van der Waals surface area contributed by atoms with Crippen molar-refractivity contribution in [3.8, 4) is 46.6 Å². The van der Waals surface area contributed by atoms with Crippen LogP contribution in [0.25, 0.3) is 0 Å². The Balaban J connectivity index is 1.42. The van der Waals surface area contributed by atoms with Crippen molar-refractivity contribution < 1.29 is 0 Å². The van der Waals surface area contributed by atoms with Gasteiger partial charge in [-0.15, -0.1) is 11.1 Å². The van der Waals surface area contributed by atoms with E-state index in [2.05, 4.69) is 97.1 Å². The van der Waals surface area contributed by atoms with Crippen molar-refractivity contribution in [1.29, 1.82) is 0 Å². The molecule has 0 fully saturated rings. The van der Waals surface area contributed by atoms with Gasteiger partial charge in [0.1, 0.15) is 15.2 Å². The van der Waals surface area contributed by atoms with Gasteiger partial charge < -0.3 is 0 Å². The Hall–Kier alpha value is -4.45. The summed E-state index contributed by atoms with van der Waals surface area (Å²) in [5.41, 5.74) is 13.4. The van der Waals surface area contributed by atoms with E-state index in [4.69, 9.17) is 0 Å². The van der Waals surface area contributed by atoms with Gasteiger partial charge in [0.15, 0.2) is 0 Å². The lowest BCUT2D eigenvalue weighted by atomic mass is 10.1. The summed E-state index contributed by atoms with van der Waals surface area (Å²) in [6.45, 7) is 9.40. The van der Waals surface area contributed by atoms with Crippen molar-refractivity contribution >= 4 is 15.2 Å². The van der Waals surface area contributed by atoms with Crippen molar-refractivity contribution in [2.45, 2.75) is 26.2 Å². The Morgan fingerprint density at radius 1 is 0.316 bits per heavy atom. The predicted octanol–water partition coefficient (Wildman–Crippen LogP) is 7.46. The van der Waals surface area contributed by atoms with Crippen molar-refractivity contribution in [2.75, 3.05) is 0 Å². The van der Waals surface area contributed by atoms with Crippen LogP contribution in [0.4, 0.5) is 0 Å². The molecule has 0 N–H and O–H groups in total. The topological polar surface area (TPSA) is 0 Å². The molecule has 0 atom stereocenters. The zero-order valence-corrected chi connectivity index (χ0v) is 24.4. The third-order valence-corrected chi connectivity index (χ3v) is 21.4. The second-order valence-electron chi connectivity index (χ2n) is 10.1. The molecule has 0 heterocycles. The molecule has 0 aliphatic rings. The third-order valence-electron chi connectivity index (χ3n) is 6.62. The average molecular weight is 519 g/mol. The first-order valence-electron chi connectivity index (χ1n) is 12.7. The fourth-order valence-corrected chi connectivity index (χ4v) is 7.16. The van der Waals surface area contributed by atoms with Gasteiger partial charge in [-0.25, -0.2) is 0 Å². The van der Waals surface area contributed by atoms with E-state index >= 15 is 0 Å². The molecule has 4 aromatic carbocycles. The molecule has 0 spiro atoms. The molecular formula is C36H30Si2. The Labute approximate surface area is 230 Å². The summed E-state index contributed by atoms with van der Waals surface area (Å²) >= 11 is 0. The summed E-state index contributed by atoms with van der Waals surface area (Å²) in [6.07, 6.45) is 0. The Kier molecular flexibility index (Phi) is 8.54. The molecule has 0 bridgehead atoms. The van der Waals surface area contributed by atoms with E-state index in [-0.39, 0.29) is 0 Å². The van der Waals surface area contributed by atoms with Gasteiger partial charge in [0, 0.05) is 33.4 Å². The second-order valence-corrected chi connectivity index (χ2v) is 24.6. The highest BCUT2D eigenvalue weighted by Gasteiger charge is 2.39. The van der Waals surface area contributed by atoms with E-state index in [0.717, 1.165) is 33.4 Å². The summed E-state index contributed by atoms with van der Waals surface area (Å²) in [7, 11) is -3.70. The molecule has 182 valence electrons. The molecule has 0 aromatic heterocycles. The molecule has 0 saturated heterocycles. The van der Waals surface area contributed by atoms with E-state index in [1.54, 1.807) is 0 Å². The van der Waals surface area contributed by atoms with Gasteiger partial charge in [-0.2, -0.15) is 0 Å². The molecule has 0 radical (unpaired) electrons. The van der Waals surface area contributed by atoms with E-state index < -0.39 is 15.2 Å². The molecule has 4 rings (SSSR count). The summed E-state index contributed by atoms with van der Waals surface area (Å²) in [6, 6.07) is 36.5. The summed E-state index contributed by atoms with van der Waals surface area (Å²) in [4.78, 5) is 0. The minimum atomic E-state index is -1.85. The first-order chi connectivity index (χ1) is 18.3. The SMILES string of the molecule is C[Si](C)(C#Cc1ccc(C#Cc2ccccc2)cc1)[Si](C)(C)C#Cc1ccc(C#Cc2ccccc2)cc1. The van der Waals surface area contributed by atoms with E-state index in [9.17, 15) is 0 Å². The lowest BCUT2D eigenvalue weighted by Gasteiger charge is -2.28. The molecule has 2 heteroatoms. The van der Waals surface area contributed by atoms with Crippen LogP contribution < -0.4 is 0 Å². The maximum atomic E-state index is 3.66. The van der Waals surface area contributed by atoms with Crippen LogP contribution in [0.15, 0.2) is 109 Å². The standard InChI is InChI=1S/C36H30Si2/c1-37(2,29-27-35-23-19-33(20-24-35)17-15-31-11-7-5-8-12-31)38(3,4)30-28-36-25-21-34(22-26-36)18-16-32-13-9-6-10-14-32/h5-14,19-26H,1-4H3. The van der Waals surface area contributed by atoms with Crippen molar-refractivity contribution in [1.82, 2.24) is 0 Å². The Morgan fingerprint density at radius 3 is 0.842 bits per heavy atom. The average Bonchev–Trinajstić information content (AvgIpc) is 2.95. The normalized spacial score (nSPS) is 10.3. The first-order valence-corrected chi connectivity index (χ1v) is 19.7. The molecular weight excluding hydrogens is 489 g/mol. The number of benzene rings is 4. The van der Waals surface area contributed by atoms with Crippen LogP contribution in [0.2, 0.25) is 26.2 Å². The summed E-state index contributed by atoms with van der Waals surface area (Å²) in [5.74, 6) is 19.7. The minimum Gasteiger partial charge on any atom is -0.128 e. The van der Waals surface area contributed by atoms with Crippen LogP contribution in [0, 0.1) is 46.6 Å². The smallest absolute Gasteiger partial charge is 0.128 e. The monoisotopic (exact) mass is 518 g/mol. The van der Waals surface area contributed by atoms with Gasteiger partial charge in [-0.05, 0) is 72.8 Å². The van der Waals surface area contributed by atoms with Crippen LogP contribution >= 0.6 is 0 Å². The second kappa shape index (κ2) is 12.2. The molecule has 0 unspecified atom stereocenters. The van der Waals surface area contributed by atoms with Crippen molar-refractivity contribution in [3.63, 3.8) is 0 Å². The van der Waals surface area contributed by atoms with Crippen LogP contribution in [-0.4, -0.2) is 15.2 Å². The van der Waals surface area contributed by atoms with E-state index in [1.807, 2.05) is 84.9 Å². The molecule has 0 saturated carbocycles. The zero-order chi connectivity index (χ0) is 26.8. The van der Waals surface area contributed by atoms with Crippen LogP contribution in [-0.2, 0) is 0 Å². The molecule has 0 aliphatic carbocycles. The van der Waals surface area contributed by atoms with Gasteiger partial charge in [0.05, 0.1) is 0 Å². The first kappa shape index (κ1) is 26.6. The maximum absolute atomic E-state index is 3.66. The highest BCUT2D eigenvalue weighted by molar-refractivity contribution is 7.46. The number of rotatable bonds is 1. The lowest BCUT2D eigenvalue weighted by molar-refractivity contribution is 1.59. The summed E-state index contributed by atoms with van der Waals surface area (Å²) in [5, 5.41) is 0. The Morgan fingerprint density at radius 2 is 0.553 bits per heavy atom. The van der Waals surface area contributed by atoms with Crippen molar-refractivity contribution in [2.24, 2.45) is 0 Å². The maximum Gasteiger partial charge on any atom is 0.138 e. The highest BCUT2D eigenvalue weighted by Crippen LogP contribution is 2.18. The fourth-order valence-electron chi connectivity index (χ4n) is 3.37. The van der Waals surface area contributed by atoms with Gasteiger partial charge in [0.25, 0.3) is 0 Å². The third kappa shape index (κ3) is 7.53. The number of hydrogen-bond donors (Lipinski definition) is 0. The van der Waals surface area contributed by atoms with Gasteiger partial charge in [-0.3, -0.25) is 0 Å². The Bertz CT molecular complexity index is 1500. The lowest BCUT2D eigenvalue weighted by Crippen LogP contribution is -2.53. The minimum absolute atomic E-state index is 0.994. The zero-order valence-electron chi connectivity index (χ0n) is 22.4. The molecule has 4 aromatic rings. The number of hydrogen-bond acceptors (Lipinski definition) is 0. The molecule has 0 nitrogen and oxygen atoms in total. The molecule has 0 aliphatic heterocycles. The molecule has 38 heavy (non-hydrogen) atoms. The van der Waals surface area contributed by atoms with Crippen LogP contribution in [0.3, 0.4) is 0 Å². The van der Waals surface area contributed by atoms with E-state index in [1.165, 1.54) is 0 Å². The van der Waals surface area contributed by atoms with E-state index in [0.29, 0.717) is 0 Å². The van der Waals surface area contributed by atoms with Gasteiger partial charge in [-0.1, -0.05) is 98.1 Å². The predicted molar refractivity (Wildman–Crippen MR) is 166 cm³/mol. The quantitative estimate of drug-likeness (QED) is 0.181. The largest absolute Gasteiger partial charge is 0.138 e. The van der Waals surface area contributed by atoms with Crippen LogP contribution in [0.5, 0.6) is 0 Å². The van der Waals surface area contributed by atoms with Crippen LogP contribution in [0.1, 0.15) is 33.4 Å². The highest BCUT2D eigenvalue weighted by atomic mass is 29.3.